The van der Waals surface area contributed by atoms with Gasteiger partial charge in [0.2, 0.25) is 11.8 Å². The molecule has 0 radical (unpaired) electrons. The summed E-state index contributed by atoms with van der Waals surface area (Å²) in [5.74, 6) is -0.922. The Bertz CT molecular complexity index is 615. The van der Waals surface area contributed by atoms with Crippen LogP contribution in [0.4, 0.5) is 0 Å². The van der Waals surface area contributed by atoms with E-state index in [-0.39, 0.29) is 17.9 Å². The molecular formula is C18H24N2O5. The van der Waals surface area contributed by atoms with E-state index in [9.17, 15) is 9.59 Å². The number of carboxylic acids is 1. The van der Waals surface area contributed by atoms with Crippen LogP contribution in [0.5, 0.6) is 5.88 Å². The van der Waals surface area contributed by atoms with Gasteiger partial charge in [-0.05, 0) is 30.9 Å². The summed E-state index contributed by atoms with van der Waals surface area (Å²) in [5.41, 5.74) is 0.915. The molecule has 0 unspecified atom stereocenters. The van der Waals surface area contributed by atoms with Crippen molar-refractivity contribution in [1.82, 2.24) is 10.3 Å². The number of aliphatic carboxylic acids is 1. The SMILES string of the molecule is O=C(O)[C@@H]1CC[C@H](C(=O)NCc2ccnc(OC3CCOCC3)c2)C1. The van der Waals surface area contributed by atoms with Gasteiger partial charge in [-0.15, -0.1) is 0 Å². The van der Waals surface area contributed by atoms with Crippen molar-refractivity contribution in [3.05, 3.63) is 23.9 Å². The maximum absolute atomic E-state index is 12.2. The molecule has 136 valence electrons. The summed E-state index contributed by atoms with van der Waals surface area (Å²) in [6, 6.07) is 3.68. The van der Waals surface area contributed by atoms with Crippen LogP contribution >= 0.6 is 0 Å². The molecule has 1 saturated heterocycles. The molecule has 1 aliphatic carbocycles. The third-order valence-corrected chi connectivity index (χ3v) is 4.87. The van der Waals surface area contributed by atoms with Crippen LogP contribution in [0, 0.1) is 11.8 Å². The lowest BCUT2D eigenvalue weighted by molar-refractivity contribution is -0.141. The topological polar surface area (TPSA) is 97.8 Å². The number of pyridine rings is 1. The third-order valence-electron chi connectivity index (χ3n) is 4.87. The second-order valence-corrected chi connectivity index (χ2v) is 6.69. The molecule has 0 bridgehead atoms. The number of aromatic nitrogens is 1. The quantitative estimate of drug-likeness (QED) is 0.813. The first-order valence-electron chi connectivity index (χ1n) is 8.81. The number of carbonyl (C=O) groups excluding carboxylic acids is 1. The largest absolute Gasteiger partial charge is 0.481 e. The van der Waals surface area contributed by atoms with E-state index in [4.69, 9.17) is 14.6 Å². The lowest BCUT2D eigenvalue weighted by Crippen LogP contribution is -2.29. The van der Waals surface area contributed by atoms with Crippen LogP contribution in [0.25, 0.3) is 0 Å². The van der Waals surface area contributed by atoms with Crippen molar-refractivity contribution in [1.29, 1.82) is 0 Å². The second kappa shape index (κ2) is 8.29. The molecule has 25 heavy (non-hydrogen) atoms. The van der Waals surface area contributed by atoms with Crippen LogP contribution in [0.1, 0.15) is 37.7 Å². The number of nitrogens with zero attached hydrogens (tertiary/aromatic N) is 1. The smallest absolute Gasteiger partial charge is 0.306 e. The Kier molecular flexibility index (Phi) is 5.86. The van der Waals surface area contributed by atoms with Crippen LogP contribution in [0.3, 0.4) is 0 Å². The molecule has 2 aliphatic rings. The average Bonchev–Trinajstić information content (AvgIpc) is 3.11. The highest BCUT2D eigenvalue weighted by Gasteiger charge is 2.33. The van der Waals surface area contributed by atoms with Crippen molar-refractivity contribution in [2.24, 2.45) is 11.8 Å². The normalized spacial score (nSPS) is 24.0. The summed E-state index contributed by atoms with van der Waals surface area (Å²) >= 11 is 0. The molecular weight excluding hydrogens is 324 g/mol. The van der Waals surface area contributed by atoms with Crippen molar-refractivity contribution >= 4 is 11.9 Å². The summed E-state index contributed by atoms with van der Waals surface area (Å²) < 4.78 is 11.2. The molecule has 0 aromatic carbocycles. The number of carboxylic acid groups (broad SMARTS) is 1. The van der Waals surface area contributed by atoms with Gasteiger partial charge in [0.1, 0.15) is 6.10 Å². The molecule has 1 saturated carbocycles. The van der Waals surface area contributed by atoms with Crippen LogP contribution in [-0.2, 0) is 20.9 Å². The predicted octanol–water partition coefficient (Wildman–Crippen LogP) is 1.76. The molecule has 1 amide bonds. The first kappa shape index (κ1) is 17.7. The maximum atomic E-state index is 12.2. The highest BCUT2D eigenvalue weighted by molar-refractivity contribution is 5.80. The van der Waals surface area contributed by atoms with Gasteiger partial charge in [-0.25, -0.2) is 4.98 Å². The zero-order chi connectivity index (χ0) is 17.6. The van der Waals surface area contributed by atoms with Crippen LogP contribution < -0.4 is 10.1 Å². The third kappa shape index (κ3) is 4.92. The standard InChI is InChI=1S/C18H24N2O5/c21-17(13-1-2-14(10-13)18(22)23)20-11-12-3-6-19-16(9-12)25-15-4-7-24-8-5-15/h3,6,9,13-15H,1-2,4-5,7-8,10-11H2,(H,20,21)(H,22,23)/t13-,14+/m0/s1. The highest BCUT2D eigenvalue weighted by Crippen LogP contribution is 2.31. The van der Waals surface area contributed by atoms with E-state index in [0.717, 1.165) is 18.4 Å². The van der Waals surface area contributed by atoms with Gasteiger partial charge in [0, 0.05) is 37.6 Å². The van der Waals surface area contributed by atoms with Crippen LogP contribution in [-0.4, -0.2) is 41.3 Å². The number of nitrogens with one attached hydrogen (secondary N) is 1. The van der Waals surface area contributed by atoms with Gasteiger partial charge in [-0.3, -0.25) is 9.59 Å². The van der Waals surface area contributed by atoms with E-state index in [1.165, 1.54) is 0 Å². The number of hydrogen-bond acceptors (Lipinski definition) is 5. The van der Waals surface area contributed by atoms with E-state index in [1.54, 1.807) is 6.20 Å². The van der Waals surface area contributed by atoms with Crippen molar-refractivity contribution in [3.8, 4) is 5.88 Å². The lowest BCUT2D eigenvalue weighted by atomic mass is 10.0. The summed E-state index contributed by atoms with van der Waals surface area (Å²) in [4.78, 5) is 27.4. The molecule has 7 heteroatoms. The fourth-order valence-electron chi connectivity index (χ4n) is 3.37. The molecule has 2 heterocycles. The Morgan fingerprint density at radius 2 is 2.00 bits per heavy atom. The Balaban J connectivity index is 1.48. The summed E-state index contributed by atoms with van der Waals surface area (Å²) in [6.45, 7) is 1.80. The van der Waals surface area contributed by atoms with Gasteiger partial charge in [0.15, 0.2) is 0 Å². The Morgan fingerprint density at radius 3 is 2.72 bits per heavy atom. The molecule has 1 aromatic heterocycles. The second-order valence-electron chi connectivity index (χ2n) is 6.69. The average molecular weight is 348 g/mol. The van der Waals surface area contributed by atoms with E-state index in [1.807, 2.05) is 12.1 Å². The lowest BCUT2D eigenvalue weighted by Gasteiger charge is -2.22. The minimum Gasteiger partial charge on any atom is -0.481 e. The van der Waals surface area contributed by atoms with E-state index < -0.39 is 11.9 Å². The van der Waals surface area contributed by atoms with Gasteiger partial charge in [0.25, 0.3) is 0 Å². The Hall–Kier alpha value is -2.15. The van der Waals surface area contributed by atoms with Crippen molar-refractivity contribution in [2.45, 2.75) is 44.8 Å². The number of rotatable bonds is 6. The number of carbonyl (C=O) groups is 2. The monoisotopic (exact) mass is 348 g/mol. The molecule has 0 spiro atoms. The van der Waals surface area contributed by atoms with Gasteiger partial charge in [0.05, 0.1) is 19.1 Å². The van der Waals surface area contributed by atoms with E-state index in [2.05, 4.69) is 10.3 Å². The summed E-state index contributed by atoms with van der Waals surface area (Å²) in [6.07, 6.45) is 5.15. The van der Waals surface area contributed by atoms with Gasteiger partial charge in [-0.1, -0.05) is 0 Å². The fourth-order valence-corrected chi connectivity index (χ4v) is 3.37. The molecule has 2 fully saturated rings. The van der Waals surface area contributed by atoms with Crippen molar-refractivity contribution < 1.29 is 24.2 Å². The maximum Gasteiger partial charge on any atom is 0.306 e. The minimum atomic E-state index is -0.806. The molecule has 3 rings (SSSR count). The van der Waals surface area contributed by atoms with Crippen LogP contribution in [0.15, 0.2) is 18.3 Å². The fraction of sp³-hybridized carbons (Fsp3) is 0.611. The molecule has 1 aliphatic heterocycles. The molecule has 2 N–H and O–H groups in total. The zero-order valence-electron chi connectivity index (χ0n) is 14.1. The number of hydrogen-bond donors (Lipinski definition) is 2. The van der Waals surface area contributed by atoms with E-state index in [0.29, 0.717) is 44.9 Å². The Morgan fingerprint density at radius 1 is 1.24 bits per heavy atom. The molecule has 1 aromatic rings. The predicted molar refractivity (Wildman–Crippen MR) is 89.0 cm³/mol. The zero-order valence-corrected chi connectivity index (χ0v) is 14.1. The minimum absolute atomic E-state index is 0.0764. The van der Waals surface area contributed by atoms with E-state index >= 15 is 0 Å². The van der Waals surface area contributed by atoms with Gasteiger partial charge >= 0.3 is 5.97 Å². The molecule has 7 nitrogen and oxygen atoms in total. The summed E-state index contributed by atoms with van der Waals surface area (Å²) in [5, 5.41) is 11.9. The van der Waals surface area contributed by atoms with Gasteiger partial charge in [-0.2, -0.15) is 0 Å². The molecule has 2 atom stereocenters. The number of ether oxygens (including phenoxy) is 2. The summed E-state index contributed by atoms with van der Waals surface area (Å²) in [7, 11) is 0. The van der Waals surface area contributed by atoms with Gasteiger partial charge < -0.3 is 19.9 Å². The first-order chi connectivity index (χ1) is 12.1. The van der Waals surface area contributed by atoms with Crippen LogP contribution in [0.2, 0.25) is 0 Å². The Labute approximate surface area is 146 Å². The van der Waals surface area contributed by atoms with Crippen molar-refractivity contribution in [2.75, 3.05) is 13.2 Å². The first-order valence-corrected chi connectivity index (χ1v) is 8.81. The number of amides is 1. The van der Waals surface area contributed by atoms with Crippen molar-refractivity contribution in [3.63, 3.8) is 0 Å². The highest BCUT2D eigenvalue weighted by atomic mass is 16.5.